The maximum Gasteiger partial charge on any atom is 0.304 e. The maximum absolute atomic E-state index is 13.2. The predicted octanol–water partition coefficient (Wildman–Crippen LogP) is 5.30. The van der Waals surface area contributed by atoms with E-state index in [1.54, 1.807) is 12.4 Å². The van der Waals surface area contributed by atoms with Crippen LogP contribution >= 0.6 is 23.2 Å². The van der Waals surface area contributed by atoms with Crippen molar-refractivity contribution in [2.45, 2.75) is 32.3 Å². The molecule has 2 aliphatic rings. The van der Waals surface area contributed by atoms with Crippen LogP contribution in [0.3, 0.4) is 0 Å². The van der Waals surface area contributed by atoms with E-state index in [-0.39, 0.29) is 24.3 Å². The summed E-state index contributed by atoms with van der Waals surface area (Å²) in [5.74, 6) is 0.961. The lowest BCUT2D eigenvalue weighted by atomic mass is 9.95. The van der Waals surface area contributed by atoms with Gasteiger partial charge in [-0.05, 0) is 63.2 Å². The molecule has 6 rings (SSSR count). The fourth-order valence-corrected chi connectivity index (χ4v) is 6.82. The predicted molar refractivity (Wildman–Crippen MR) is 173 cm³/mol. The Morgan fingerprint density at radius 2 is 1.76 bits per heavy atom. The van der Waals surface area contributed by atoms with Gasteiger partial charge in [-0.15, -0.1) is 0 Å². The number of aromatic amines is 1. The minimum atomic E-state index is -0.783. The number of anilines is 1. The van der Waals surface area contributed by atoms with Gasteiger partial charge in [0, 0.05) is 73.7 Å². The van der Waals surface area contributed by atoms with Crippen LogP contribution in [0.5, 0.6) is 5.75 Å². The smallest absolute Gasteiger partial charge is 0.304 e. The van der Waals surface area contributed by atoms with E-state index in [4.69, 9.17) is 38.0 Å². The molecule has 1 aromatic carbocycles. The Labute approximate surface area is 271 Å². The highest BCUT2D eigenvalue weighted by atomic mass is 35.5. The molecule has 2 aliphatic heterocycles. The Hall–Kier alpha value is -3.93. The molecule has 1 atom stereocenters. The molecule has 1 amide bonds. The molecule has 0 spiro atoms. The fraction of sp³-hybridized carbons (Fsp3) is 0.406. The number of nitrogens with one attached hydrogen (secondary N) is 1. The zero-order chi connectivity index (χ0) is 31.5. The topological polar surface area (TPSA) is 128 Å². The summed E-state index contributed by atoms with van der Waals surface area (Å²) in [6.07, 6.45) is 6.25. The summed E-state index contributed by atoms with van der Waals surface area (Å²) >= 11 is 12.7. The lowest BCUT2D eigenvalue weighted by Gasteiger charge is -2.39. The number of piperazine rings is 1. The number of benzene rings is 1. The first-order valence-corrected chi connectivity index (χ1v) is 15.9. The summed E-state index contributed by atoms with van der Waals surface area (Å²) in [6, 6.07) is 9.75. The molecule has 0 saturated carbocycles. The van der Waals surface area contributed by atoms with Crippen LogP contribution in [0.2, 0.25) is 10.0 Å². The second-order valence-electron chi connectivity index (χ2n) is 11.5. The fourth-order valence-electron chi connectivity index (χ4n) is 6.14. The minimum absolute atomic E-state index is 0.0130. The zero-order valence-electron chi connectivity index (χ0n) is 25.0. The zero-order valence-corrected chi connectivity index (χ0v) is 26.5. The number of H-pyrrole nitrogens is 1. The molecule has 2 N–H and O–H groups in total. The summed E-state index contributed by atoms with van der Waals surface area (Å²) in [5.41, 5.74) is 3.20. The molecular formula is C32H35Cl2N7O4. The van der Waals surface area contributed by atoms with E-state index in [1.807, 2.05) is 48.4 Å². The number of aliphatic carboxylic acids is 1. The molecule has 11 nitrogen and oxygen atoms in total. The number of carboxylic acid groups (broad SMARTS) is 1. The third-order valence-electron chi connectivity index (χ3n) is 8.66. The van der Waals surface area contributed by atoms with E-state index in [1.165, 1.54) is 0 Å². The van der Waals surface area contributed by atoms with Gasteiger partial charge in [-0.2, -0.15) is 5.10 Å². The second-order valence-corrected chi connectivity index (χ2v) is 12.3. The van der Waals surface area contributed by atoms with Crippen molar-refractivity contribution < 1.29 is 19.4 Å². The van der Waals surface area contributed by atoms with Gasteiger partial charge in [0.1, 0.15) is 23.4 Å². The Bertz CT molecular complexity index is 1650. The van der Waals surface area contributed by atoms with Crippen LogP contribution in [-0.2, 0) is 9.59 Å². The highest BCUT2D eigenvalue weighted by Gasteiger charge is 2.31. The number of aromatic nitrogens is 4. The van der Waals surface area contributed by atoms with Gasteiger partial charge in [0.2, 0.25) is 5.91 Å². The average Bonchev–Trinajstić information content (AvgIpc) is 3.47. The van der Waals surface area contributed by atoms with Gasteiger partial charge in [-0.1, -0.05) is 23.2 Å². The monoisotopic (exact) mass is 651 g/mol. The van der Waals surface area contributed by atoms with Crippen LogP contribution in [0.1, 0.15) is 37.9 Å². The molecule has 0 radical (unpaired) electrons. The van der Waals surface area contributed by atoms with Crippen LogP contribution < -0.4 is 9.64 Å². The Kier molecular flexibility index (Phi) is 9.39. The van der Waals surface area contributed by atoms with E-state index >= 15 is 0 Å². The van der Waals surface area contributed by atoms with Crippen molar-refractivity contribution in [1.82, 2.24) is 30.0 Å². The van der Waals surface area contributed by atoms with Crippen molar-refractivity contribution in [2.24, 2.45) is 5.92 Å². The Morgan fingerprint density at radius 1 is 1.02 bits per heavy atom. The number of likely N-dealkylation sites (tertiary alicyclic amines) is 1. The molecule has 2 saturated heterocycles. The van der Waals surface area contributed by atoms with Crippen molar-refractivity contribution in [3.8, 4) is 17.0 Å². The molecule has 2 fully saturated rings. The first kappa shape index (κ1) is 31.1. The highest BCUT2D eigenvalue weighted by molar-refractivity contribution is 6.35. The van der Waals surface area contributed by atoms with Gasteiger partial charge in [0.05, 0.1) is 22.0 Å². The number of hydrogen-bond donors (Lipinski definition) is 2. The van der Waals surface area contributed by atoms with Crippen LogP contribution in [-0.4, -0.2) is 92.8 Å². The molecule has 5 heterocycles. The number of ether oxygens (including phenoxy) is 1. The number of hydrogen-bond acceptors (Lipinski definition) is 8. The van der Waals surface area contributed by atoms with Crippen LogP contribution in [0.4, 0.5) is 5.82 Å². The summed E-state index contributed by atoms with van der Waals surface area (Å²) in [7, 11) is 0. The summed E-state index contributed by atoms with van der Waals surface area (Å²) in [4.78, 5) is 39.1. The normalized spacial score (nSPS) is 17.0. The molecule has 3 aromatic heterocycles. The summed E-state index contributed by atoms with van der Waals surface area (Å²) in [5, 5.41) is 18.4. The van der Waals surface area contributed by atoms with E-state index in [9.17, 15) is 9.59 Å². The van der Waals surface area contributed by atoms with Crippen molar-refractivity contribution in [1.29, 1.82) is 0 Å². The minimum Gasteiger partial charge on any atom is -0.486 e. The SMILES string of the molecule is C[C@@H](Oc1ccc2[nH]nc(-c3ccc(N4CCN(C(=O)C5CCN(CCC(=O)O)CC5)CC4)nc3)c2c1)c1c(Cl)cncc1Cl. The number of fused-ring (bicyclic) bond motifs is 1. The number of halogens is 2. The quantitative estimate of drug-likeness (QED) is 0.248. The number of piperidine rings is 1. The standard InChI is InChI=1S/C32H35Cl2N7O4/c1-20(30-25(33)18-35-19-26(30)34)45-23-3-4-27-24(16-23)31(38-37-27)22-2-5-28(36-17-22)40-12-14-41(15-13-40)32(44)21-6-9-39(10-7-21)11-8-29(42)43/h2-5,16-21H,6-15H2,1H3,(H,37,38)(H,42,43)/t20-/m1/s1. The van der Waals surface area contributed by atoms with Crippen molar-refractivity contribution in [2.75, 3.05) is 50.7 Å². The van der Waals surface area contributed by atoms with E-state index in [2.05, 4.69) is 25.0 Å². The number of pyridine rings is 2. The van der Waals surface area contributed by atoms with Crippen LogP contribution in [0, 0.1) is 5.92 Å². The average molecular weight is 653 g/mol. The maximum atomic E-state index is 13.2. The molecule has 45 heavy (non-hydrogen) atoms. The number of rotatable bonds is 9. The van der Waals surface area contributed by atoms with Gasteiger partial charge in [0.15, 0.2) is 0 Å². The number of carbonyl (C=O) groups is 2. The number of amides is 1. The number of nitrogens with zero attached hydrogens (tertiary/aromatic N) is 6. The Morgan fingerprint density at radius 3 is 2.42 bits per heavy atom. The van der Waals surface area contributed by atoms with E-state index in [0.29, 0.717) is 54.1 Å². The summed E-state index contributed by atoms with van der Waals surface area (Å²) in [6.45, 7) is 6.72. The lowest BCUT2D eigenvalue weighted by Crippen LogP contribution is -2.52. The molecule has 236 valence electrons. The Balaban J connectivity index is 1.06. The molecule has 0 aliphatic carbocycles. The highest BCUT2D eigenvalue weighted by Crippen LogP contribution is 2.35. The molecule has 0 unspecified atom stereocenters. The van der Waals surface area contributed by atoms with E-state index < -0.39 is 5.97 Å². The number of carboxylic acids is 1. The molecular weight excluding hydrogens is 617 g/mol. The lowest BCUT2D eigenvalue weighted by molar-refractivity contribution is -0.139. The van der Waals surface area contributed by atoms with Gasteiger partial charge < -0.3 is 24.5 Å². The van der Waals surface area contributed by atoms with Crippen molar-refractivity contribution >= 4 is 51.8 Å². The van der Waals surface area contributed by atoms with Crippen LogP contribution in [0.15, 0.2) is 48.9 Å². The third kappa shape index (κ3) is 7.00. The largest absolute Gasteiger partial charge is 0.486 e. The first-order chi connectivity index (χ1) is 21.8. The third-order valence-corrected chi connectivity index (χ3v) is 9.26. The van der Waals surface area contributed by atoms with E-state index in [0.717, 1.165) is 53.9 Å². The first-order valence-electron chi connectivity index (χ1n) is 15.1. The second kappa shape index (κ2) is 13.6. The van der Waals surface area contributed by atoms with Gasteiger partial charge in [-0.3, -0.25) is 19.7 Å². The summed E-state index contributed by atoms with van der Waals surface area (Å²) < 4.78 is 6.21. The van der Waals surface area contributed by atoms with Crippen molar-refractivity contribution in [3.05, 3.63) is 64.5 Å². The van der Waals surface area contributed by atoms with Crippen LogP contribution in [0.25, 0.3) is 22.2 Å². The van der Waals surface area contributed by atoms with Gasteiger partial charge in [-0.25, -0.2) is 4.98 Å². The molecule has 13 heteroatoms. The van der Waals surface area contributed by atoms with Gasteiger partial charge >= 0.3 is 5.97 Å². The number of carbonyl (C=O) groups excluding carboxylic acids is 1. The molecule has 4 aromatic rings. The van der Waals surface area contributed by atoms with Crippen molar-refractivity contribution in [3.63, 3.8) is 0 Å². The van der Waals surface area contributed by atoms with Gasteiger partial charge in [0.25, 0.3) is 0 Å². The molecule has 0 bridgehead atoms.